The zero-order valence-electron chi connectivity index (χ0n) is 9.91. The molecule has 3 rings (SSSR count). The average Bonchev–Trinajstić information content (AvgIpc) is 3.01. The van der Waals surface area contributed by atoms with Gasteiger partial charge < -0.3 is 15.4 Å². The third-order valence-electron chi connectivity index (χ3n) is 2.69. The summed E-state index contributed by atoms with van der Waals surface area (Å²) in [5.74, 6) is 1.27. The first-order valence-electron chi connectivity index (χ1n) is 5.66. The molecule has 5 nitrogen and oxygen atoms in total. The quantitative estimate of drug-likeness (QED) is 0.766. The fraction of sp³-hybridized carbons (Fsp3) is 0.0769. The normalized spacial score (nSPS) is 10.7. The molecule has 3 N–H and O–H groups in total. The third kappa shape index (κ3) is 2.43. The summed E-state index contributed by atoms with van der Waals surface area (Å²) in [6.45, 7) is 0. The monoisotopic (exact) mass is 273 g/mol. The number of benzene rings is 1. The Hall–Kier alpha value is -2.34. The molecule has 1 aromatic carbocycles. The molecule has 0 radical (unpaired) electrons. The molecule has 96 valence electrons. The molecular formula is C13H11N3O2S. The lowest BCUT2D eigenvalue weighted by molar-refractivity contribution is 0.424. The molecule has 0 saturated heterocycles. The number of phenolic OH excluding ortho intramolecular Hbond substituents is 1. The number of anilines is 1. The summed E-state index contributed by atoms with van der Waals surface area (Å²) in [6.07, 6.45) is 0.549. The van der Waals surface area contributed by atoms with Gasteiger partial charge in [-0.1, -0.05) is 17.3 Å². The number of hydrogen-bond donors (Lipinski definition) is 2. The van der Waals surface area contributed by atoms with Gasteiger partial charge in [-0.3, -0.25) is 0 Å². The van der Waals surface area contributed by atoms with Crippen LogP contribution in [-0.4, -0.2) is 15.2 Å². The van der Waals surface area contributed by atoms with Crippen molar-refractivity contribution in [3.8, 4) is 17.2 Å². The van der Waals surface area contributed by atoms with Gasteiger partial charge >= 0.3 is 0 Å². The van der Waals surface area contributed by atoms with Crippen LogP contribution in [0.15, 0.2) is 40.2 Å². The van der Waals surface area contributed by atoms with Crippen molar-refractivity contribution >= 4 is 16.3 Å². The fourth-order valence-corrected chi connectivity index (χ4v) is 2.36. The summed E-state index contributed by atoms with van der Waals surface area (Å²) in [5, 5.41) is 15.7. The van der Waals surface area contributed by atoms with Crippen LogP contribution in [0.1, 0.15) is 11.4 Å². The Bertz CT molecular complexity index is 688. The molecule has 0 aliphatic heterocycles. The van der Waals surface area contributed by atoms with Crippen LogP contribution < -0.4 is 5.73 Å². The van der Waals surface area contributed by atoms with Gasteiger partial charge in [0.25, 0.3) is 5.89 Å². The highest BCUT2D eigenvalue weighted by molar-refractivity contribution is 7.14. The molecule has 3 aromatic rings. The van der Waals surface area contributed by atoms with E-state index in [0.717, 1.165) is 11.1 Å². The molecule has 2 heterocycles. The average molecular weight is 273 g/mol. The van der Waals surface area contributed by atoms with Crippen molar-refractivity contribution in [1.82, 2.24) is 10.1 Å². The van der Waals surface area contributed by atoms with E-state index in [1.165, 1.54) is 11.3 Å². The van der Waals surface area contributed by atoms with E-state index in [4.69, 9.17) is 10.3 Å². The Labute approximate surface area is 113 Å². The van der Waals surface area contributed by atoms with Crippen molar-refractivity contribution < 1.29 is 9.63 Å². The predicted octanol–water partition coefficient (Wildman–Crippen LogP) is 2.68. The second kappa shape index (κ2) is 4.74. The Morgan fingerprint density at radius 3 is 2.68 bits per heavy atom. The molecule has 0 aliphatic rings. The standard InChI is InChI=1S/C13H11N3O2S/c14-12-10(5-6-19-12)13-15-11(16-18-13)7-8-1-3-9(17)4-2-8/h1-6,17H,7,14H2. The molecule has 6 heteroatoms. The van der Waals surface area contributed by atoms with Gasteiger partial charge in [0, 0.05) is 6.42 Å². The van der Waals surface area contributed by atoms with Crippen LogP contribution in [-0.2, 0) is 6.42 Å². The maximum absolute atomic E-state index is 9.22. The van der Waals surface area contributed by atoms with Crippen LogP contribution >= 0.6 is 11.3 Å². The maximum atomic E-state index is 9.22. The van der Waals surface area contributed by atoms with Gasteiger partial charge in [0.2, 0.25) is 0 Å². The van der Waals surface area contributed by atoms with Crippen molar-refractivity contribution in [2.75, 3.05) is 5.73 Å². The molecule has 19 heavy (non-hydrogen) atoms. The van der Waals surface area contributed by atoms with Crippen LogP contribution in [0.4, 0.5) is 5.00 Å². The number of aromatic nitrogens is 2. The van der Waals surface area contributed by atoms with Crippen molar-refractivity contribution in [2.45, 2.75) is 6.42 Å². The number of nitrogens with zero attached hydrogens (tertiary/aromatic N) is 2. The summed E-state index contributed by atoms with van der Waals surface area (Å²) in [4.78, 5) is 4.32. The molecule has 0 saturated carbocycles. The van der Waals surface area contributed by atoms with Gasteiger partial charge in [0.05, 0.1) is 10.6 Å². The van der Waals surface area contributed by atoms with E-state index in [0.29, 0.717) is 23.1 Å². The lowest BCUT2D eigenvalue weighted by Crippen LogP contribution is -1.90. The molecule has 0 aliphatic carbocycles. The van der Waals surface area contributed by atoms with E-state index in [1.54, 1.807) is 12.1 Å². The fourth-order valence-electron chi connectivity index (χ4n) is 1.73. The van der Waals surface area contributed by atoms with Gasteiger partial charge in [-0.05, 0) is 29.1 Å². The lowest BCUT2D eigenvalue weighted by Gasteiger charge is -1.96. The van der Waals surface area contributed by atoms with E-state index in [1.807, 2.05) is 23.6 Å². The molecule has 0 spiro atoms. The number of rotatable bonds is 3. The SMILES string of the molecule is Nc1sccc1-c1nc(Cc2ccc(O)cc2)no1. The minimum Gasteiger partial charge on any atom is -0.508 e. The molecule has 0 amide bonds. The largest absolute Gasteiger partial charge is 0.508 e. The van der Waals surface area contributed by atoms with Crippen molar-refractivity contribution in [3.05, 3.63) is 47.1 Å². The maximum Gasteiger partial charge on any atom is 0.260 e. The zero-order valence-corrected chi connectivity index (χ0v) is 10.7. The van der Waals surface area contributed by atoms with Gasteiger partial charge in [-0.15, -0.1) is 11.3 Å². The highest BCUT2D eigenvalue weighted by atomic mass is 32.1. The first kappa shape index (κ1) is 11.7. The van der Waals surface area contributed by atoms with E-state index >= 15 is 0 Å². The first-order chi connectivity index (χ1) is 9.22. The smallest absolute Gasteiger partial charge is 0.260 e. The number of nitrogen functional groups attached to an aromatic ring is 1. The second-order valence-corrected chi connectivity index (χ2v) is 5.01. The molecule has 0 atom stereocenters. The molecule has 0 bridgehead atoms. The highest BCUT2D eigenvalue weighted by Crippen LogP contribution is 2.29. The van der Waals surface area contributed by atoms with Crippen molar-refractivity contribution in [3.63, 3.8) is 0 Å². The molecule has 0 fully saturated rings. The third-order valence-corrected chi connectivity index (χ3v) is 3.44. The van der Waals surface area contributed by atoms with Gasteiger partial charge in [-0.25, -0.2) is 0 Å². The van der Waals surface area contributed by atoms with Crippen LogP contribution in [0.5, 0.6) is 5.75 Å². The topological polar surface area (TPSA) is 85.2 Å². The van der Waals surface area contributed by atoms with Gasteiger partial charge in [0.15, 0.2) is 5.82 Å². The molecule has 0 unspecified atom stereocenters. The van der Waals surface area contributed by atoms with Crippen LogP contribution in [0.2, 0.25) is 0 Å². The minimum atomic E-state index is 0.239. The Balaban J connectivity index is 1.82. The van der Waals surface area contributed by atoms with Crippen molar-refractivity contribution in [1.29, 1.82) is 0 Å². The first-order valence-corrected chi connectivity index (χ1v) is 6.54. The highest BCUT2D eigenvalue weighted by Gasteiger charge is 2.12. The van der Waals surface area contributed by atoms with E-state index in [-0.39, 0.29) is 5.75 Å². The van der Waals surface area contributed by atoms with Crippen LogP contribution in [0.3, 0.4) is 0 Å². The van der Waals surface area contributed by atoms with Crippen molar-refractivity contribution in [2.24, 2.45) is 0 Å². The number of hydrogen-bond acceptors (Lipinski definition) is 6. The molecule has 2 aromatic heterocycles. The summed E-state index contributed by atoms with van der Waals surface area (Å²) in [7, 11) is 0. The van der Waals surface area contributed by atoms with Crippen LogP contribution in [0, 0.1) is 0 Å². The van der Waals surface area contributed by atoms with E-state index in [2.05, 4.69) is 10.1 Å². The Morgan fingerprint density at radius 2 is 2.00 bits per heavy atom. The lowest BCUT2D eigenvalue weighted by atomic mass is 10.1. The Morgan fingerprint density at radius 1 is 1.21 bits per heavy atom. The summed E-state index contributed by atoms with van der Waals surface area (Å²) in [6, 6.07) is 8.77. The van der Waals surface area contributed by atoms with Crippen LogP contribution in [0.25, 0.3) is 11.5 Å². The van der Waals surface area contributed by atoms with E-state index in [9.17, 15) is 5.11 Å². The van der Waals surface area contributed by atoms with E-state index < -0.39 is 0 Å². The number of thiophene rings is 1. The van der Waals surface area contributed by atoms with Gasteiger partial charge in [-0.2, -0.15) is 4.98 Å². The summed E-state index contributed by atoms with van der Waals surface area (Å²) in [5.41, 5.74) is 7.59. The predicted molar refractivity (Wildman–Crippen MR) is 72.9 cm³/mol. The second-order valence-electron chi connectivity index (χ2n) is 4.06. The number of aromatic hydroxyl groups is 1. The number of nitrogens with two attached hydrogens (primary N) is 1. The Kier molecular flexibility index (Phi) is 2.92. The zero-order chi connectivity index (χ0) is 13.2. The minimum absolute atomic E-state index is 0.239. The van der Waals surface area contributed by atoms with Gasteiger partial charge in [0.1, 0.15) is 5.75 Å². The summed E-state index contributed by atoms with van der Waals surface area (Å²) >= 11 is 1.44. The summed E-state index contributed by atoms with van der Waals surface area (Å²) < 4.78 is 5.20. The molecular weight excluding hydrogens is 262 g/mol. The number of phenols is 1.